The molecule has 314 valence electrons. The summed E-state index contributed by atoms with van der Waals surface area (Å²) < 4.78 is 50.2. The number of benzene rings is 7. The first kappa shape index (κ1) is 35.7. The van der Waals surface area contributed by atoms with Gasteiger partial charge in [-0.2, -0.15) is 0 Å². The number of hydrogen-bond acceptors (Lipinski definition) is 11. The van der Waals surface area contributed by atoms with Crippen molar-refractivity contribution in [3.05, 3.63) is 161 Å². The van der Waals surface area contributed by atoms with Crippen molar-refractivity contribution in [2.75, 3.05) is 0 Å². The molecule has 14 heteroatoms. The van der Waals surface area contributed by atoms with Crippen LogP contribution in [0.5, 0.6) is 74.7 Å². The Morgan fingerprint density at radius 3 is 1.26 bits per heavy atom. The van der Waals surface area contributed by atoms with E-state index in [0.717, 1.165) is 21.5 Å². The van der Waals surface area contributed by atoms with Crippen LogP contribution in [0.4, 0.5) is 11.6 Å². The summed E-state index contributed by atoms with van der Waals surface area (Å²) >= 11 is 0. The Hall–Kier alpha value is -8.78. The first-order chi connectivity index (χ1) is 32.3. The number of nitrogens with zero attached hydrogens (tertiary/aromatic N) is 6. The monoisotopic (exact) mass is 862 g/mol. The summed E-state index contributed by atoms with van der Waals surface area (Å²) in [6, 6.07) is 42.7. The number of rotatable bonds is 2. The van der Waals surface area contributed by atoms with E-state index in [-0.39, 0.29) is 5.41 Å². The van der Waals surface area contributed by atoms with Crippen molar-refractivity contribution in [3.8, 4) is 74.7 Å². The molecular formula is C52H31BN6O7. The minimum Gasteiger partial charge on any atom is -0.523 e. The Morgan fingerprint density at radius 1 is 0.409 bits per heavy atom. The van der Waals surface area contributed by atoms with Crippen LogP contribution in [0.25, 0.3) is 21.5 Å². The fourth-order valence-electron chi connectivity index (χ4n) is 9.50. The highest BCUT2D eigenvalue weighted by atomic mass is 16.6. The highest BCUT2D eigenvalue weighted by molar-refractivity contribution is 6.52. The normalized spacial score (nSPS) is 14.8. The third-order valence-electron chi connectivity index (χ3n) is 12.7. The molecular weight excluding hydrogens is 831 g/mol. The van der Waals surface area contributed by atoms with Crippen LogP contribution in [-0.2, 0) is 5.41 Å². The van der Waals surface area contributed by atoms with E-state index in [1.54, 1.807) is 0 Å². The van der Waals surface area contributed by atoms with E-state index in [4.69, 9.17) is 53.0 Å². The van der Waals surface area contributed by atoms with Gasteiger partial charge in [0.25, 0.3) is 0 Å². The number of ether oxygens (including phenoxy) is 6. The van der Waals surface area contributed by atoms with Gasteiger partial charge in [-0.3, -0.25) is 8.96 Å². The maximum atomic E-state index is 7.26. The van der Waals surface area contributed by atoms with Crippen LogP contribution < -0.4 is 44.1 Å². The van der Waals surface area contributed by atoms with Gasteiger partial charge in [0.05, 0.1) is 0 Å². The molecule has 8 heterocycles. The molecule has 0 spiro atoms. The molecule has 0 unspecified atom stereocenters. The van der Waals surface area contributed by atoms with Gasteiger partial charge in [0.1, 0.15) is 28.4 Å². The summed E-state index contributed by atoms with van der Waals surface area (Å²) in [4.78, 5) is 21.7. The summed E-state index contributed by atoms with van der Waals surface area (Å²) in [5.41, 5.74) is 3.66. The molecule has 0 saturated heterocycles. The molecule has 4 bridgehead atoms. The van der Waals surface area contributed by atoms with Crippen LogP contribution in [0.1, 0.15) is 37.5 Å². The molecule has 9 aromatic rings. The van der Waals surface area contributed by atoms with Crippen molar-refractivity contribution < 1.29 is 33.1 Å². The first-order valence-corrected chi connectivity index (χ1v) is 21.6. The van der Waals surface area contributed by atoms with Crippen molar-refractivity contribution in [2.24, 2.45) is 20.0 Å². The smallest absolute Gasteiger partial charge is 0.523 e. The molecule has 0 radical (unpaired) electrons. The highest BCUT2D eigenvalue weighted by Crippen LogP contribution is 2.53. The maximum Gasteiger partial charge on any atom is 0.633 e. The van der Waals surface area contributed by atoms with Crippen LogP contribution in [0.2, 0.25) is 0 Å². The van der Waals surface area contributed by atoms with Gasteiger partial charge in [-0.25, -0.2) is 20.0 Å². The van der Waals surface area contributed by atoms with Gasteiger partial charge >= 0.3 is 7.19 Å². The van der Waals surface area contributed by atoms with Gasteiger partial charge in [0, 0.05) is 32.7 Å². The molecule has 0 atom stereocenters. The lowest BCUT2D eigenvalue weighted by Gasteiger charge is -2.24. The molecule has 0 fully saturated rings. The second kappa shape index (κ2) is 12.5. The van der Waals surface area contributed by atoms with E-state index in [2.05, 4.69) is 32.9 Å². The fraction of sp³-hybridized carbons (Fsp3) is 0.0769. The van der Waals surface area contributed by atoms with Gasteiger partial charge in [-0.05, 0) is 95.9 Å². The lowest BCUT2D eigenvalue weighted by Crippen LogP contribution is -2.52. The van der Waals surface area contributed by atoms with Gasteiger partial charge in [0.2, 0.25) is 0 Å². The van der Waals surface area contributed by atoms with Crippen LogP contribution in [-0.4, -0.2) is 27.8 Å². The van der Waals surface area contributed by atoms with E-state index in [9.17, 15) is 0 Å². The van der Waals surface area contributed by atoms with Crippen molar-refractivity contribution >= 4 is 52.0 Å². The number of hydrogen-bond donors (Lipinski definition) is 0. The Balaban J connectivity index is 1.05. The summed E-state index contributed by atoms with van der Waals surface area (Å²) in [5, 5.41) is 3.02. The fourth-order valence-corrected chi connectivity index (χ4v) is 9.50. The number of amidine groups is 2. The molecule has 66 heavy (non-hydrogen) atoms. The predicted octanol–water partition coefficient (Wildman–Crippen LogP) is 11.8. The largest absolute Gasteiger partial charge is 0.633 e. The van der Waals surface area contributed by atoms with Crippen molar-refractivity contribution in [1.29, 1.82) is 0 Å². The van der Waals surface area contributed by atoms with Gasteiger partial charge in [-0.15, -0.1) is 0 Å². The van der Waals surface area contributed by atoms with Crippen LogP contribution in [0, 0.1) is 0 Å². The van der Waals surface area contributed by atoms with Crippen molar-refractivity contribution in [2.45, 2.75) is 26.2 Å². The van der Waals surface area contributed by atoms with Gasteiger partial charge in [-0.1, -0.05) is 69.3 Å². The number of aliphatic imine (C=N–C) groups is 2. The van der Waals surface area contributed by atoms with E-state index in [0.29, 0.717) is 120 Å². The van der Waals surface area contributed by atoms with Crippen LogP contribution in [0.15, 0.2) is 153 Å². The topological polar surface area (TPSA) is 124 Å². The van der Waals surface area contributed by atoms with E-state index < -0.39 is 7.19 Å². The molecule has 2 aromatic heterocycles. The Labute approximate surface area is 374 Å². The molecule has 7 aromatic carbocycles. The Kier molecular flexibility index (Phi) is 6.74. The zero-order valence-corrected chi connectivity index (χ0v) is 35.3. The van der Waals surface area contributed by atoms with E-state index in [1.807, 2.05) is 130 Å². The summed E-state index contributed by atoms with van der Waals surface area (Å²) in [7, 11) is -0.909. The number of para-hydroxylation sites is 6. The number of fused-ring (bicyclic) bond motifs is 16. The molecule has 0 N–H and O–H groups in total. The molecule has 15 rings (SSSR count). The summed E-state index contributed by atoms with van der Waals surface area (Å²) in [5.74, 6) is 9.49. The zero-order valence-electron chi connectivity index (χ0n) is 35.3. The van der Waals surface area contributed by atoms with E-state index >= 15 is 0 Å². The Bertz CT molecular complexity index is 3920. The maximum absolute atomic E-state index is 7.26. The van der Waals surface area contributed by atoms with Gasteiger partial charge in [0.15, 0.2) is 80.7 Å². The van der Waals surface area contributed by atoms with Gasteiger partial charge < -0.3 is 33.1 Å². The molecule has 6 aliphatic heterocycles. The molecule has 0 amide bonds. The first-order valence-electron chi connectivity index (χ1n) is 21.6. The molecule has 0 saturated carbocycles. The average Bonchev–Trinajstić information content (AvgIpc) is 3.92. The average molecular weight is 863 g/mol. The third kappa shape index (κ3) is 5.00. The second-order valence-electron chi connectivity index (χ2n) is 17.8. The molecule has 6 aliphatic rings. The lowest BCUT2D eigenvalue weighted by molar-refractivity contribution is 0.359. The predicted molar refractivity (Wildman–Crippen MR) is 247 cm³/mol. The third-order valence-corrected chi connectivity index (χ3v) is 12.7. The molecule has 13 nitrogen and oxygen atoms in total. The summed E-state index contributed by atoms with van der Waals surface area (Å²) in [6.07, 6.45) is 0. The standard InChI is InChI=1S/C52H31BN6O7/c1-52(2,3)26-16-18-27(19-17-26)66-53-58-48-30-22-42-44(64-38-14-8-6-12-36(38)62-42)24-32(30)50(58)57-51-33-25-45-43(63-37-13-7-9-15-39(37)65-45)23-31(33)49(59(51)53)56-47-29-21-41-40(20-28(29)46(54-47)55-48)60-34-10-4-5-11-35(34)61-41/h4-25H,1-3H3. The van der Waals surface area contributed by atoms with E-state index in [1.165, 1.54) is 5.56 Å². The minimum absolute atomic E-state index is 0.0653. The Morgan fingerprint density at radius 2 is 0.803 bits per heavy atom. The summed E-state index contributed by atoms with van der Waals surface area (Å²) in [6.45, 7) is 6.58. The van der Waals surface area contributed by atoms with Crippen molar-refractivity contribution in [1.82, 2.24) is 8.96 Å². The highest BCUT2D eigenvalue weighted by Gasteiger charge is 2.42. The molecule has 0 aliphatic carbocycles. The van der Waals surface area contributed by atoms with Crippen molar-refractivity contribution in [3.63, 3.8) is 0 Å². The second-order valence-corrected chi connectivity index (χ2v) is 17.8. The van der Waals surface area contributed by atoms with Crippen LogP contribution >= 0.6 is 0 Å². The van der Waals surface area contributed by atoms with Crippen LogP contribution in [0.3, 0.4) is 0 Å². The zero-order chi connectivity index (χ0) is 43.6. The minimum atomic E-state index is -0.909. The quantitative estimate of drug-likeness (QED) is 0.159. The lowest BCUT2D eigenvalue weighted by atomic mass is 9.87. The SMILES string of the molecule is CC(C)(C)c1ccc(OB2n3c4c5cc6c(cc5c3N=c3c5cc7c(cc5c(n32)=NC2=NC(=N4)c3cc4c(cc32)Oc2ccccc2O4)Oc2ccccc2O7)Oc2ccccc2O6)cc1. The number of aromatic nitrogens is 2.